The van der Waals surface area contributed by atoms with Gasteiger partial charge in [-0.2, -0.15) is 0 Å². The zero-order chi connectivity index (χ0) is 19.1. The van der Waals surface area contributed by atoms with Crippen LogP contribution in [-0.4, -0.2) is 29.2 Å². The van der Waals surface area contributed by atoms with E-state index in [1.54, 1.807) is 25.1 Å². The molecule has 0 fully saturated rings. The lowest BCUT2D eigenvalue weighted by molar-refractivity contribution is 0.0319. The van der Waals surface area contributed by atoms with Crippen LogP contribution in [0.5, 0.6) is 11.5 Å². The lowest BCUT2D eigenvalue weighted by Gasteiger charge is -2.19. The van der Waals surface area contributed by atoms with Crippen LogP contribution in [0.1, 0.15) is 39.7 Å². The number of benzene rings is 1. The molecule has 0 bridgehead atoms. The van der Waals surface area contributed by atoms with Crippen molar-refractivity contribution in [3.05, 3.63) is 50.4 Å². The Morgan fingerprint density at radius 2 is 2.00 bits per heavy atom. The Hall–Kier alpha value is -2.87. The van der Waals surface area contributed by atoms with Crippen LogP contribution in [0.4, 0.5) is 0 Å². The number of H-pyrrole nitrogens is 1. The van der Waals surface area contributed by atoms with Crippen LogP contribution < -0.4 is 15.0 Å². The number of nitrogens with zero attached hydrogens (tertiary/aromatic N) is 1. The maximum absolute atomic E-state index is 12.5. The number of fused-ring (bicyclic) bond motifs is 2. The molecule has 0 saturated heterocycles. The molecule has 0 radical (unpaired) electrons. The number of hydrogen-bond acceptors (Lipinski definition) is 7. The van der Waals surface area contributed by atoms with E-state index in [2.05, 4.69) is 9.97 Å². The second kappa shape index (κ2) is 6.70. The van der Waals surface area contributed by atoms with E-state index in [-0.39, 0.29) is 5.56 Å². The SMILES string of the molecule is Cc1sc2nc([C@H](C)OC(=O)c3ccc4c(c3)OCCO4)[nH]c(=O)c2c1C. The Balaban J connectivity index is 1.58. The van der Waals surface area contributed by atoms with Gasteiger partial charge >= 0.3 is 5.97 Å². The van der Waals surface area contributed by atoms with Gasteiger partial charge in [0.05, 0.1) is 10.9 Å². The Kier molecular flexibility index (Phi) is 4.35. The first kappa shape index (κ1) is 17.5. The molecule has 8 heteroatoms. The van der Waals surface area contributed by atoms with Crippen molar-refractivity contribution in [3.63, 3.8) is 0 Å². The van der Waals surface area contributed by atoms with Crippen molar-refractivity contribution in [1.29, 1.82) is 0 Å². The van der Waals surface area contributed by atoms with Crippen molar-refractivity contribution in [2.75, 3.05) is 13.2 Å². The van der Waals surface area contributed by atoms with Gasteiger partial charge < -0.3 is 19.2 Å². The third kappa shape index (κ3) is 3.16. The molecule has 7 nitrogen and oxygen atoms in total. The standard InChI is InChI=1S/C19H18N2O5S/c1-9-11(3)27-18-15(9)17(22)20-16(21-18)10(2)26-19(23)12-4-5-13-14(8-12)25-7-6-24-13/h4-5,8,10H,6-7H2,1-3H3,(H,20,21,22)/t10-/m0/s1. The number of thiophene rings is 1. The smallest absolute Gasteiger partial charge is 0.338 e. The van der Waals surface area contributed by atoms with Crippen molar-refractivity contribution in [2.24, 2.45) is 0 Å². The summed E-state index contributed by atoms with van der Waals surface area (Å²) in [6.07, 6.45) is -0.703. The van der Waals surface area contributed by atoms with Crippen LogP contribution >= 0.6 is 11.3 Å². The summed E-state index contributed by atoms with van der Waals surface area (Å²) in [5.74, 6) is 0.909. The van der Waals surface area contributed by atoms with E-state index in [0.717, 1.165) is 10.4 Å². The second-order valence-electron chi connectivity index (χ2n) is 6.32. The first-order valence-corrected chi connectivity index (χ1v) is 9.36. The highest BCUT2D eigenvalue weighted by atomic mass is 32.1. The maximum Gasteiger partial charge on any atom is 0.338 e. The number of ether oxygens (including phenoxy) is 3. The first-order chi connectivity index (χ1) is 12.9. The summed E-state index contributed by atoms with van der Waals surface area (Å²) in [6, 6.07) is 4.89. The molecule has 2 aromatic heterocycles. The molecule has 4 rings (SSSR count). The molecule has 1 aliphatic heterocycles. The molecule has 1 atom stereocenters. The van der Waals surface area contributed by atoms with Gasteiger partial charge in [0.15, 0.2) is 23.4 Å². The average Bonchev–Trinajstić information content (AvgIpc) is 2.95. The van der Waals surface area contributed by atoms with E-state index in [0.29, 0.717) is 46.3 Å². The van der Waals surface area contributed by atoms with Gasteiger partial charge in [0.2, 0.25) is 0 Å². The summed E-state index contributed by atoms with van der Waals surface area (Å²) in [7, 11) is 0. The minimum Gasteiger partial charge on any atom is -0.486 e. The maximum atomic E-state index is 12.5. The van der Waals surface area contributed by atoms with Gasteiger partial charge in [0, 0.05) is 4.88 Å². The number of aryl methyl sites for hydroxylation is 2. The summed E-state index contributed by atoms with van der Waals surface area (Å²) in [4.78, 5) is 33.8. The van der Waals surface area contributed by atoms with Gasteiger partial charge in [0.1, 0.15) is 18.0 Å². The van der Waals surface area contributed by atoms with Gasteiger partial charge in [-0.15, -0.1) is 11.3 Å². The highest BCUT2D eigenvalue weighted by Crippen LogP contribution is 2.31. The molecular formula is C19H18N2O5S. The normalized spacial score (nSPS) is 14.2. The number of carbonyl (C=O) groups excluding carboxylic acids is 1. The van der Waals surface area contributed by atoms with E-state index in [1.807, 2.05) is 13.8 Å². The second-order valence-corrected chi connectivity index (χ2v) is 7.52. The summed E-state index contributed by atoms with van der Waals surface area (Å²) >= 11 is 1.45. The number of esters is 1. The van der Waals surface area contributed by atoms with Gasteiger partial charge in [-0.05, 0) is 44.5 Å². The van der Waals surface area contributed by atoms with E-state index in [9.17, 15) is 9.59 Å². The van der Waals surface area contributed by atoms with Crippen molar-refractivity contribution in [1.82, 2.24) is 9.97 Å². The molecule has 3 heterocycles. The van der Waals surface area contributed by atoms with Crippen LogP contribution in [0.3, 0.4) is 0 Å². The monoisotopic (exact) mass is 386 g/mol. The van der Waals surface area contributed by atoms with Crippen LogP contribution in [0.15, 0.2) is 23.0 Å². The molecule has 3 aromatic rings. The van der Waals surface area contributed by atoms with E-state index < -0.39 is 12.1 Å². The van der Waals surface area contributed by atoms with Gasteiger partial charge in [-0.1, -0.05) is 0 Å². The van der Waals surface area contributed by atoms with Crippen LogP contribution in [0.25, 0.3) is 10.2 Å². The van der Waals surface area contributed by atoms with E-state index in [1.165, 1.54) is 11.3 Å². The minimum atomic E-state index is -0.703. The summed E-state index contributed by atoms with van der Waals surface area (Å²) in [5.41, 5.74) is 1.05. The predicted octanol–water partition coefficient (Wildman–Crippen LogP) is 3.29. The van der Waals surface area contributed by atoms with Crippen LogP contribution in [0.2, 0.25) is 0 Å². The Bertz CT molecular complexity index is 1100. The lowest BCUT2D eigenvalue weighted by atomic mass is 10.2. The van der Waals surface area contributed by atoms with E-state index in [4.69, 9.17) is 14.2 Å². The zero-order valence-corrected chi connectivity index (χ0v) is 15.9. The highest BCUT2D eigenvalue weighted by molar-refractivity contribution is 7.18. The fourth-order valence-electron chi connectivity index (χ4n) is 2.92. The Morgan fingerprint density at radius 1 is 1.26 bits per heavy atom. The third-order valence-corrected chi connectivity index (χ3v) is 5.61. The number of nitrogens with one attached hydrogen (secondary N) is 1. The molecule has 27 heavy (non-hydrogen) atoms. The molecule has 1 N–H and O–H groups in total. The number of aromatic nitrogens is 2. The molecule has 0 amide bonds. The topological polar surface area (TPSA) is 90.5 Å². The number of rotatable bonds is 3. The van der Waals surface area contributed by atoms with Crippen molar-refractivity contribution in [2.45, 2.75) is 26.9 Å². The largest absolute Gasteiger partial charge is 0.486 e. The minimum absolute atomic E-state index is 0.223. The predicted molar refractivity (Wildman–Crippen MR) is 101 cm³/mol. The average molecular weight is 386 g/mol. The number of aromatic amines is 1. The summed E-state index contributed by atoms with van der Waals surface area (Å²) in [5, 5.41) is 0.589. The van der Waals surface area contributed by atoms with Gasteiger partial charge in [-0.25, -0.2) is 9.78 Å². The summed E-state index contributed by atoms with van der Waals surface area (Å²) < 4.78 is 16.4. The first-order valence-electron chi connectivity index (χ1n) is 8.54. The van der Waals surface area contributed by atoms with Gasteiger partial charge in [-0.3, -0.25) is 4.79 Å². The Labute approximate surface area is 158 Å². The molecule has 1 aromatic carbocycles. The van der Waals surface area contributed by atoms with Crippen LogP contribution in [-0.2, 0) is 4.74 Å². The highest BCUT2D eigenvalue weighted by Gasteiger charge is 2.21. The molecule has 0 unspecified atom stereocenters. The molecule has 0 saturated carbocycles. The summed E-state index contributed by atoms with van der Waals surface area (Å²) in [6.45, 7) is 6.44. The van der Waals surface area contributed by atoms with Gasteiger partial charge in [0.25, 0.3) is 5.56 Å². The molecular weight excluding hydrogens is 368 g/mol. The number of hydrogen-bond donors (Lipinski definition) is 1. The fraction of sp³-hybridized carbons (Fsp3) is 0.316. The quantitative estimate of drug-likeness (QED) is 0.695. The van der Waals surface area contributed by atoms with E-state index >= 15 is 0 Å². The van der Waals surface area contributed by atoms with Crippen LogP contribution in [0, 0.1) is 13.8 Å². The zero-order valence-electron chi connectivity index (χ0n) is 15.1. The molecule has 0 spiro atoms. The van der Waals surface area contributed by atoms with Crippen molar-refractivity contribution >= 4 is 27.5 Å². The molecule has 140 valence electrons. The number of carbonyl (C=O) groups is 1. The lowest BCUT2D eigenvalue weighted by Crippen LogP contribution is -2.18. The van der Waals surface area contributed by atoms with Crippen molar-refractivity contribution < 1.29 is 19.0 Å². The molecule has 1 aliphatic rings. The van der Waals surface area contributed by atoms with Crippen molar-refractivity contribution in [3.8, 4) is 11.5 Å². The third-order valence-electron chi connectivity index (χ3n) is 4.50. The Morgan fingerprint density at radius 3 is 2.78 bits per heavy atom. The molecule has 0 aliphatic carbocycles. The fourth-order valence-corrected chi connectivity index (χ4v) is 3.96.